The van der Waals surface area contributed by atoms with Crippen LogP contribution < -0.4 is 10.6 Å². The third-order valence-electron chi connectivity index (χ3n) is 3.42. The summed E-state index contributed by atoms with van der Waals surface area (Å²) >= 11 is 0. The molecule has 1 amide bonds. The van der Waals surface area contributed by atoms with Crippen LogP contribution in [-0.2, 0) is 18.3 Å². The molecule has 0 bridgehead atoms. The lowest BCUT2D eigenvalue weighted by Gasteiger charge is -2.06. The van der Waals surface area contributed by atoms with Gasteiger partial charge in [-0.1, -0.05) is 6.92 Å². The van der Waals surface area contributed by atoms with Crippen molar-refractivity contribution in [3.05, 3.63) is 15.8 Å². The summed E-state index contributed by atoms with van der Waals surface area (Å²) in [4.78, 5) is 22.3. The van der Waals surface area contributed by atoms with Crippen molar-refractivity contribution < 1.29 is 9.72 Å². The summed E-state index contributed by atoms with van der Waals surface area (Å²) in [6.45, 7) is 2.34. The molecule has 1 aliphatic carbocycles. The smallest absolute Gasteiger partial charge is 0.333 e. The van der Waals surface area contributed by atoms with Crippen LogP contribution in [0.2, 0.25) is 0 Å². The number of nitrogens with zero attached hydrogens (tertiary/aromatic N) is 3. The van der Waals surface area contributed by atoms with Gasteiger partial charge in [-0.05, 0) is 25.7 Å². The molecule has 2 N–H and O–H groups in total. The fourth-order valence-corrected chi connectivity index (χ4v) is 2.18. The van der Waals surface area contributed by atoms with Crippen molar-refractivity contribution in [3.63, 3.8) is 0 Å². The monoisotopic (exact) mass is 295 g/mol. The lowest BCUT2D eigenvalue weighted by Crippen LogP contribution is -2.25. The van der Waals surface area contributed by atoms with Crippen molar-refractivity contribution in [2.45, 2.75) is 45.1 Å². The van der Waals surface area contributed by atoms with E-state index in [9.17, 15) is 14.9 Å². The molecule has 0 saturated heterocycles. The molecule has 1 fully saturated rings. The molecule has 8 nitrogen and oxygen atoms in total. The predicted molar refractivity (Wildman–Crippen MR) is 78.1 cm³/mol. The maximum Gasteiger partial charge on any atom is 0.333 e. The molecule has 1 heterocycles. The highest BCUT2D eigenvalue weighted by Gasteiger charge is 2.25. The third-order valence-corrected chi connectivity index (χ3v) is 3.42. The number of nitrogens with one attached hydrogen (secondary N) is 2. The molecular formula is C13H21N5O3. The maximum atomic E-state index is 11.5. The molecule has 1 aromatic heterocycles. The number of hydrogen-bond donors (Lipinski definition) is 2. The molecule has 0 unspecified atom stereocenters. The van der Waals surface area contributed by atoms with E-state index in [0.717, 1.165) is 12.8 Å². The van der Waals surface area contributed by atoms with E-state index in [-0.39, 0.29) is 11.6 Å². The zero-order valence-corrected chi connectivity index (χ0v) is 12.4. The zero-order valence-electron chi connectivity index (χ0n) is 12.4. The average molecular weight is 295 g/mol. The Labute approximate surface area is 123 Å². The van der Waals surface area contributed by atoms with Gasteiger partial charge in [-0.15, -0.1) is 0 Å². The zero-order chi connectivity index (χ0) is 15.4. The van der Waals surface area contributed by atoms with Gasteiger partial charge in [0, 0.05) is 26.1 Å². The fraction of sp³-hybridized carbons (Fsp3) is 0.692. The molecule has 0 atom stereocenters. The van der Waals surface area contributed by atoms with Gasteiger partial charge >= 0.3 is 5.69 Å². The minimum Gasteiger partial charge on any atom is -0.365 e. The minimum atomic E-state index is -0.409. The molecule has 1 aliphatic rings. The number of carbonyl (C=O) groups is 1. The van der Waals surface area contributed by atoms with Crippen LogP contribution in [0.5, 0.6) is 0 Å². The van der Waals surface area contributed by atoms with Crippen molar-refractivity contribution >= 4 is 17.4 Å². The fourth-order valence-electron chi connectivity index (χ4n) is 2.18. The van der Waals surface area contributed by atoms with E-state index in [0.29, 0.717) is 43.4 Å². The Bertz CT molecular complexity index is 536. The molecule has 0 aromatic carbocycles. The molecule has 116 valence electrons. The number of rotatable bonds is 8. The van der Waals surface area contributed by atoms with Crippen molar-refractivity contribution in [3.8, 4) is 0 Å². The van der Waals surface area contributed by atoms with Crippen molar-refractivity contribution in [1.82, 2.24) is 15.1 Å². The standard InChI is InChI=1S/C13H21N5O3/c1-3-10-12(18(20)21)13(17(2)16-10)14-8-4-5-11(19)15-9-6-7-9/h9,14H,3-8H2,1-2H3,(H,15,19). The van der Waals surface area contributed by atoms with E-state index in [1.165, 1.54) is 4.68 Å². The molecular weight excluding hydrogens is 274 g/mol. The Kier molecular flexibility index (Phi) is 4.77. The van der Waals surface area contributed by atoms with Crippen LogP contribution in [0.1, 0.15) is 38.3 Å². The summed E-state index contributed by atoms with van der Waals surface area (Å²) in [7, 11) is 1.67. The van der Waals surface area contributed by atoms with Gasteiger partial charge in [0.25, 0.3) is 0 Å². The highest BCUT2D eigenvalue weighted by Crippen LogP contribution is 2.28. The van der Waals surface area contributed by atoms with Crippen LogP contribution in [0.3, 0.4) is 0 Å². The summed E-state index contributed by atoms with van der Waals surface area (Å²) in [5.74, 6) is 0.451. The number of aryl methyl sites for hydroxylation is 2. The van der Waals surface area contributed by atoms with Crippen LogP contribution in [0.15, 0.2) is 0 Å². The second-order valence-corrected chi connectivity index (χ2v) is 5.25. The van der Waals surface area contributed by atoms with Crippen molar-refractivity contribution in [2.75, 3.05) is 11.9 Å². The second kappa shape index (κ2) is 6.55. The van der Waals surface area contributed by atoms with Gasteiger partial charge < -0.3 is 10.6 Å². The van der Waals surface area contributed by atoms with Crippen LogP contribution >= 0.6 is 0 Å². The molecule has 0 radical (unpaired) electrons. The quantitative estimate of drug-likeness (QED) is 0.428. The highest BCUT2D eigenvalue weighted by atomic mass is 16.6. The Hall–Kier alpha value is -2.12. The lowest BCUT2D eigenvalue weighted by atomic mass is 10.2. The van der Waals surface area contributed by atoms with Crippen LogP contribution in [0, 0.1) is 10.1 Å². The van der Waals surface area contributed by atoms with E-state index >= 15 is 0 Å². The summed E-state index contributed by atoms with van der Waals surface area (Å²) < 4.78 is 1.49. The molecule has 1 aromatic rings. The van der Waals surface area contributed by atoms with Gasteiger partial charge in [0.2, 0.25) is 11.7 Å². The first kappa shape index (κ1) is 15.3. The number of anilines is 1. The first-order valence-corrected chi connectivity index (χ1v) is 7.26. The van der Waals surface area contributed by atoms with E-state index in [2.05, 4.69) is 15.7 Å². The maximum absolute atomic E-state index is 11.5. The molecule has 1 saturated carbocycles. The summed E-state index contributed by atoms with van der Waals surface area (Å²) in [6.07, 6.45) is 3.71. The highest BCUT2D eigenvalue weighted by molar-refractivity contribution is 5.76. The van der Waals surface area contributed by atoms with E-state index in [4.69, 9.17) is 0 Å². The number of hydrogen-bond acceptors (Lipinski definition) is 5. The Morgan fingerprint density at radius 1 is 1.52 bits per heavy atom. The van der Waals surface area contributed by atoms with Crippen LogP contribution in [0.25, 0.3) is 0 Å². The van der Waals surface area contributed by atoms with E-state index in [1.807, 2.05) is 6.92 Å². The van der Waals surface area contributed by atoms with E-state index < -0.39 is 4.92 Å². The third kappa shape index (κ3) is 3.93. The predicted octanol–water partition coefficient (Wildman–Crippen LogP) is 1.36. The Morgan fingerprint density at radius 3 is 2.81 bits per heavy atom. The van der Waals surface area contributed by atoms with Crippen molar-refractivity contribution in [1.29, 1.82) is 0 Å². The SMILES string of the molecule is CCc1nn(C)c(NCCCC(=O)NC2CC2)c1[N+](=O)[O-]. The van der Waals surface area contributed by atoms with Gasteiger partial charge in [0.05, 0.1) is 4.92 Å². The van der Waals surface area contributed by atoms with Gasteiger partial charge in [0.15, 0.2) is 0 Å². The summed E-state index contributed by atoms with van der Waals surface area (Å²) in [6, 6.07) is 0.371. The number of amides is 1. The minimum absolute atomic E-state index is 0.0300. The first-order valence-electron chi connectivity index (χ1n) is 7.26. The van der Waals surface area contributed by atoms with Gasteiger partial charge in [-0.2, -0.15) is 5.10 Å². The Balaban J connectivity index is 1.85. The van der Waals surface area contributed by atoms with Gasteiger partial charge in [-0.3, -0.25) is 14.9 Å². The Morgan fingerprint density at radius 2 is 2.24 bits per heavy atom. The number of carbonyl (C=O) groups excluding carboxylic acids is 1. The first-order chi connectivity index (χ1) is 10.0. The molecule has 21 heavy (non-hydrogen) atoms. The molecule has 0 aliphatic heterocycles. The topological polar surface area (TPSA) is 102 Å². The molecule has 0 spiro atoms. The largest absolute Gasteiger partial charge is 0.365 e. The summed E-state index contributed by atoms with van der Waals surface area (Å²) in [5, 5.41) is 21.2. The molecule has 2 rings (SSSR count). The molecule has 8 heteroatoms. The van der Waals surface area contributed by atoms with Crippen LogP contribution in [0.4, 0.5) is 11.5 Å². The second-order valence-electron chi connectivity index (χ2n) is 5.25. The van der Waals surface area contributed by atoms with Crippen LogP contribution in [-0.4, -0.2) is 33.2 Å². The van der Waals surface area contributed by atoms with Crippen molar-refractivity contribution in [2.24, 2.45) is 7.05 Å². The normalized spacial score (nSPS) is 14.0. The van der Waals surface area contributed by atoms with E-state index in [1.54, 1.807) is 7.05 Å². The van der Waals surface area contributed by atoms with Gasteiger partial charge in [0.1, 0.15) is 5.69 Å². The average Bonchev–Trinajstić information content (AvgIpc) is 3.17. The summed E-state index contributed by atoms with van der Waals surface area (Å²) in [5.41, 5.74) is 0.499. The number of nitro groups is 1. The van der Waals surface area contributed by atoms with Gasteiger partial charge in [-0.25, -0.2) is 4.68 Å². The number of aromatic nitrogens is 2. The lowest BCUT2D eigenvalue weighted by molar-refractivity contribution is -0.384.